The maximum atomic E-state index is 12.2. The molecule has 0 bridgehead atoms. The number of hydrogen-bond acceptors (Lipinski definition) is 7. The molecule has 1 heterocycles. The van der Waals surface area contributed by atoms with E-state index in [0.717, 1.165) is 12.1 Å². The number of ether oxygens (including phenoxy) is 1. The summed E-state index contributed by atoms with van der Waals surface area (Å²) in [6.45, 7) is -0.654. The number of Topliss-reactive ketones (excluding diaryl/α,β-unsaturated/α-hetero) is 1. The third-order valence-electron chi connectivity index (χ3n) is 3.59. The van der Waals surface area contributed by atoms with Crippen molar-refractivity contribution in [2.45, 2.75) is 0 Å². The molecule has 130 valence electrons. The molecule has 1 aromatic heterocycles. The highest BCUT2D eigenvalue weighted by Crippen LogP contribution is 2.14. The SMILES string of the molecule is O=C(OCC(=O)c1cc2ccccc2oc1=O)c1ccc([N+](=O)[O-])cc1. The number of fused-ring (bicyclic) bond motifs is 1. The Morgan fingerprint density at radius 3 is 2.46 bits per heavy atom. The van der Waals surface area contributed by atoms with Crippen LogP contribution in [-0.2, 0) is 4.74 Å². The van der Waals surface area contributed by atoms with E-state index in [4.69, 9.17) is 9.15 Å². The van der Waals surface area contributed by atoms with Crippen molar-refractivity contribution < 1.29 is 23.7 Å². The lowest BCUT2D eigenvalue weighted by Crippen LogP contribution is -2.20. The molecule has 0 spiro atoms. The lowest BCUT2D eigenvalue weighted by molar-refractivity contribution is -0.384. The lowest BCUT2D eigenvalue weighted by Gasteiger charge is -2.04. The molecule has 8 nitrogen and oxygen atoms in total. The maximum Gasteiger partial charge on any atom is 0.347 e. The van der Waals surface area contributed by atoms with Gasteiger partial charge in [0.2, 0.25) is 5.78 Å². The van der Waals surface area contributed by atoms with Gasteiger partial charge < -0.3 is 9.15 Å². The fraction of sp³-hybridized carbons (Fsp3) is 0.0556. The van der Waals surface area contributed by atoms with Gasteiger partial charge in [-0.3, -0.25) is 14.9 Å². The molecule has 0 radical (unpaired) electrons. The number of carbonyl (C=O) groups excluding carboxylic acids is 2. The van der Waals surface area contributed by atoms with Gasteiger partial charge in [0.15, 0.2) is 6.61 Å². The molecule has 0 N–H and O–H groups in total. The van der Waals surface area contributed by atoms with Crippen molar-refractivity contribution in [2.24, 2.45) is 0 Å². The Balaban J connectivity index is 1.72. The number of nitro groups is 1. The van der Waals surface area contributed by atoms with Crippen molar-refractivity contribution in [2.75, 3.05) is 6.61 Å². The van der Waals surface area contributed by atoms with Gasteiger partial charge in [0.25, 0.3) is 5.69 Å². The summed E-state index contributed by atoms with van der Waals surface area (Å²) >= 11 is 0. The Hall–Kier alpha value is -3.81. The molecule has 0 saturated heterocycles. The Morgan fingerprint density at radius 1 is 1.08 bits per heavy atom. The van der Waals surface area contributed by atoms with E-state index in [1.807, 2.05) is 0 Å². The number of carbonyl (C=O) groups is 2. The monoisotopic (exact) mass is 353 g/mol. The van der Waals surface area contributed by atoms with Crippen LogP contribution in [0.5, 0.6) is 0 Å². The van der Waals surface area contributed by atoms with E-state index in [2.05, 4.69) is 0 Å². The molecule has 0 aliphatic carbocycles. The molecule has 3 rings (SSSR count). The predicted molar refractivity (Wildman–Crippen MR) is 90.2 cm³/mol. The average molecular weight is 353 g/mol. The number of rotatable bonds is 5. The lowest BCUT2D eigenvalue weighted by atomic mass is 10.1. The molecule has 0 saturated carbocycles. The normalized spacial score (nSPS) is 10.5. The molecule has 0 atom stereocenters. The molecule has 8 heteroatoms. The first kappa shape index (κ1) is 17.0. The summed E-state index contributed by atoms with van der Waals surface area (Å²) in [5.41, 5.74) is -0.822. The second-order valence-electron chi connectivity index (χ2n) is 5.29. The van der Waals surface area contributed by atoms with Gasteiger partial charge >= 0.3 is 11.6 Å². The van der Waals surface area contributed by atoms with Crippen LogP contribution in [0.1, 0.15) is 20.7 Å². The standard InChI is InChI=1S/C18H11NO7/c20-15(14-9-12-3-1-2-4-16(12)26-18(14)22)10-25-17(21)11-5-7-13(8-6-11)19(23)24/h1-9H,10H2. The molecule has 0 unspecified atom stereocenters. The molecule has 26 heavy (non-hydrogen) atoms. The fourth-order valence-electron chi connectivity index (χ4n) is 2.27. The minimum absolute atomic E-state index is 0.0499. The molecule has 0 fully saturated rings. The minimum atomic E-state index is -0.835. The zero-order valence-corrected chi connectivity index (χ0v) is 13.2. The summed E-state index contributed by atoms with van der Waals surface area (Å²) in [7, 11) is 0. The van der Waals surface area contributed by atoms with Crippen LogP contribution in [0.4, 0.5) is 5.69 Å². The largest absolute Gasteiger partial charge is 0.454 e. The van der Waals surface area contributed by atoms with E-state index in [1.54, 1.807) is 24.3 Å². The number of esters is 1. The van der Waals surface area contributed by atoms with Gasteiger partial charge in [-0.1, -0.05) is 18.2 Å². The zero-order chi connectivity index (χ0) is 18.7. The Bertz CT molecular complexity index is 1070. The van der Waals surface area contributed by atoms with Gasteiger partial charge in [-0.25, -0.2) is 9.59 Å². The van der Waals surface area contributed by atoms with Crippen LogP contribution in [0.2, 0.25) is 0 Å². The van der Waals surface area contributed by atoms with Crippen molar-refractivity contribution in [3.8, 4) is 0 Å². The van der Waals surface area contributed by atoms with Crippen LogP contribution in [-0.4, -0.2) is 23.3 Å². The van der Waals surface area contributed by atoms with E-state index in [9.17, 15) is 24.5 Å². The van der Waals surface area contributed by atoms with E-state index >= 15 is 0 Å². The summed E-state index contributed by atoms with van der Waals surface area (Å²) < 4.78 is 9.93. The van der Waals surface area contributed by atoms with Crippen LogP contribution in [0.3, 0.4) is 0 Å². The van der Waals surface area contributed by atoms with E-state index in [1.165, 1.54) is 18.2 Å². The van der Waals surface area contributed by atoms with Crippen LogP contribution in [0.25, 0.3) is 11.0 Å². The smallest absolute Gasteiger partial charge is 0.347 e. The number of nitro benzene ring substituents is 1. The molecule has 0 aliphatic rings. The predicted octanol–water partition coefficient (Wildman–Crippen LogP) is 2.74. The second-order valence-corrected chi connectivity index (χ2v) is 5.29. The van der Waals surface area contributed by atoms with Gasteiger partial charge in [0, 0.05) is 17.5 Å². The van der Waals surface area contributed by atoms with E-state index in [-0.39, 0.29) is 16.8 Å². The molecule has 2 aromatic carbocycles. The Kier molecular flexibility index (Phi) is 4.57. The number of ketones is 1. The maximum absolute atomic E-state index is 12.2. The van der Waals surface area contributed by atoms with Gasteiger partial charge in [0.1, 0.15) is 11.1 Å². The quantitative estimate of drug-likeness (QED) is 0.227. The average Bonchev–Trinajstić information content (AvgIpc) is 2.65. The third-order valence-corrected chi connectivity index (χ3v) is 3.59. The topological polar surface area (TPSA) is 117 Å². The Morgan fingerprint density at radius 2 is 1.77 bits per heavy atom. The van der Waals surface area contributed by atoms with E-state index in [0.29, 0.717) is 11.0 Å². The van der Waals surface area contributed by atoms with Gasteiger partial charge in [-0.2, -0.15) is 0 Å². The number of nitrogens with zero attached hydrogens (tertiary/aromatic N) is 1. The van der Waals surface area contributed by atoms with E-state index < -0.39 is 28.9 Å². The molecule has 3 aromatic rings. The minimum Gasteiger partial charge on any atom is -0.454 e. The van der Waals surface area contributed by atoms with Crippen molar-refractivity contribution in [3.63, 3.8) is 0 Å². The molecular formula is C18H11NO7. The van der Waals surface area contributed by atoms with Crippen molar-refractivity contribution >= 4 is 28.4 Å². The van der Waals surface area contributed by atoms with Crippen LogP contribution < -0.4 is 5.63 Å². The molecule has 0 aliphatic heterocycles. The number of para-hydroxylation sites is 1. The van der Waals surface area contributed by atoms with Crippen molar-refractivity contribution in [1.82, 2.24) is 0 Å². The summed E-state index contributed by atoms with van der Waals surface area (Å²) in [5.74, 6) is -1.54. The summed E-state index contributed by atoms with van der Waals surface area (Å²) in [6, 6.07) is 12.8. The summed E-state index contributed by atoms with van der Waals surface area (Å²) in [6.07, 6.45) is 0. The highest BCUT2D eigenvalue weighted by atomic mass is 16.6. The summed E-state index contributed by atoms with van der Waals surface area (Å²) in [5, 5.41) is 11.2. The highest BCUT2D eigenvalue weighted by Gasteiger charge is 2.17. The highest BCUT2D eigenvalue weighted by molar-refractivity contribution is 6.00. The van der Waals surface area contributed by atoms with Crippen LogP contribution in [0.15, 0.2) is 63.8 Å². The van der Waals surface area contributed by atoms with Crippen molar-refractivity contribution in [1.29, 1.82) is 0 Å². The molecule has 0 amide bonds. The van der Waals surface area contributed by atoms with Gasteiger partial charge in [-0.05, 0) is 24.3 Å². The first-order valence-electron chi connectivity index (χ1n) is 7.43. The zero-order valence-electron chi connectivity index (χ0n) is 13.2. The first-order chi connectivity index (χ1) is 12.5. The number of hydrogen-bond donors (Lipinski definition) is 0. The van der Waals surface area contributed by atoms with Crippen LogP contribution >= 0.6 is 0 Å². The van der Waals surface area contributed by atoms with Crippen LogP contribution in [0, 0.1) is 10.1 Å². The van der Waals surface area contributed by atoms with Gasteiger partial charge in [-0.15, -0.1) is 0 Å². The van der Waals surface area contributed by atoms with Crippen molar-refractivity contribution in [3.05, 3.63) is 86.3 Å². The fourth-order valence-corrected chi connectivity index (χ4v) is 2.27. The second kappa shape index (κ2) is 6.98. The number of non-ortho nitro benzene ring substituents is 1. The summed E-state index contributed by atoms with van der Waals surface area (Å²) in [4.78, 5) is 46.0. The molecular weight excluding hydrogens is 342 g/mol. The third kappa shape index (κ3) is 3.48. The number of benzene rings is 2. The first-order valence-corrected chi connectivity index (χ1v) is 7.43. The Labute approximate surface area is 145 Å². The van der Waals surface area contributed by atoms with Gasteiger partial charge in [0.05, 0.1) is 10.5 Å².